The quantitative estimate of drug-likeness (QED) is 0.754. The van der Waals surface area contributed by atoms with E-state index in [0.717, 1.165) is 25.8 Å². The van der Waals surface area contributed by atoms with Crippen molar-refractivity contribution in [2.24, 2.45) is 0 Å². The molecule has 1 saturated heterocycles. The second-order valence-corrected chi connectivity index (χ2v) is 6.76. The van der Waals surface area contributed by atoms with Crippen LogP contribution >= 0.6 is 23.2 Å². The van der Waals surface area contributed by atoms with Gasteiger partial charge in [-0.3, -0.25) is 9.59 Å². The summed E-state index contributed by atoms with van der Waals surface area (Å²) in [5.74, 6) is -0.159. The first kappa shape index (κ1) is 19.0. The van der Waals surface area contributed by atoms with Crippen molar-refractivity contribution in [3.8, 4) is 0 Å². The van der Waals surface area contributed by atoms with E-state index in [1.807, 2.05) is 7.05 Å². The fraction of sp³-hybridized carbons (Fsp3) is 0.529. The van der Waals surface area contributed by atoms with Gasteiger partial charge in [-0.05, 0) is 57.5 Å². The molecule has 1 aromatic carbocycles. The van der Waals surface area contributed by atoms with Crippen LogP contribution in [0.5, 0.6) is 0 Å². The van der Waals surface area contributed by atoms with E-state index in [4.69, 9.17) is 23.2 Å². The maximum atomic E-state index is 12.6. The topological polar surface area (TPSA) is 61.4 Å². The van der Waals surface area contributed by atoms with Gasteiger partial charge in [-0.1, -0.05) is 23.2 Å². The number of hydrogen-bond acceptors (Lipinski definition) is 3. The minimum absolute atomic E-state index is 0.0345. The lowest BCUT2D eigenvalue weighted by Crippen LogP contribution is -2.50. The number of benzene rings is 1. The van der Waals surface area contributed by atoms with Gasteiger partial charge in [0.05, 0.1) is 10.7 Å². The van der Waals surface area contributed by atoms with Crippen LogP contribution in [0.2, 0.25) is 10.0 Å². The summed E-state index contributed by atoms with van der Waals surface area (Å²) in [4.78, 5) is 26.8. The largest absolute Gasteiger partial charge is 0.331 e. The Kier molecular flexibility index (Phi) is 7.34. The lowest BCUT2D eigenvalue weighted by molar-refractivity contribution is -0.140. The second-order valence-electron chi connectivity index (χ2n) is 5.92. The van der Waals surface area contributed by atoms with Crippen molar-refractivity contribution in [1.29, 1.82) is 0 Å². The molecule has 132 valence electrons. The van der Waals surface area contributed by atoms with E-state index in [9.17, 15) is 9.59 Å². The number of nitrogens with one attached hydrogen (secondary N) is 2. The van der Waals surface area contributed by atoms with Crippen LogP contribution < -0.4 is 10.6 Å². The summed E-state index contributed by atoms with van der Waals surface area (Å²) < 4.78 is 0. The van der Waals surface area contributed by atoms with Gasteiger partial charge in [-0.25, -0.2) is 0 Å². The van der Waals surface area contributed by atoms with Crippen molar-refractivity contribution in [2.45, 2.75) is 38.1 Å². The van der Waals surface area contributed by atoms with Gasteiger partial charge in [-0.2, -0.15) is 0 Å². The van der Waals surface area contributed by atoms with Gasteiger partial charge in [0, 0.05) is 18.0 Å². The van der Waals surface area contributed by atoms with Crippen LogP contribution in [0.25, 0.3) is 0 Å². The van der Waals surface area contributed by atoms with E-state index < -0.39 is 6.04 Å². The lowest BCUT2D eigenvalue weighted by Gasteiger charge is -2.35. The molecule has 1 unspecified atom stereocenters. The number of piperidine rings is 1. The predicted octanol–water partition coefficient (Wildman–Crippen LogP) is 3.31. The van der Waals surface area contributed by atoms with Crippen molar-refractivity contribution >= 4 is 40.7 Å². The fourth-order valence-electron chi connectivity index (χ4n) is 2.87. The van der Waals surface area contributed by atoms with Crippen molar-refractivity contribution in [3.05, 3.63) is 28.2 Å². The molecule has 7 heteroatoms. The zero-order valence-corrected chi connectivity index (χ0v) is 15.3. The number of hydrogen-bond donors (Lipinski definition) is 2. The Balaban J connectivity index is 2.03. The van der Waals surface area contributed by atoms with Gasteiger partial charge < -0.3 is 15.5 Å². The first-order chi connectivity index (χ1) is 11.5. The summed E-state index contributed by atoms with van der Waals surface area (Å²) in [5, 5.41) is 6.75. The average molecular weight is 372 g/mol. The van der Waals surface area contributed by atoms with E-state index in [1.54, 1.807) is 23.1 Å². The summed E-state index contributed by atoms with van der Waals surface area (Å²) in [6, 6.07) is 4.49. The Morgan fingerprint density at radius 3 is 2.79 bits per heavy atom. The number of halogens is 2. The zero-order chi connectivity index (χ0) is 17.5. The minimum Gasteiger partial charge on any atom is -0.331 e. The Morgan fingerprint density at radius 1 is 1.29 bits per heavy atom. The molecule has 5 nitrogen and oxygen atoms in total. The first-order valence-corrected chi connectivity index (χ1v) is 8.98. The standard InChI is InChI=1S/C17H23Cl2N3O2/c1-20-9-4-6-16(23)22-10-3-2-5-15(22)17(24)21-14-8-7-12(18)11-13(14)19/h7-8,11,15,20H,2-6,9-10H2,1H3,(H,21,24). The highest BCUT2D eigenvalue weighted by Crippen LogP contribution is 2.27. The van der Waals surface area contributed by atoms with Crippen LogP contribution in [-0.2, 0) is 9.59 Å². The fourth-order valence-corrected chi connectivity index (χ4v) is 3.33. The second kappa shape index (κ2) is 9.25. The van der Waals surface area contributed by atoms with Gasteiger partial charge >= 0.3 is 0 Å². The minimum atomic E-state index is -0.437. The summed E-state index contributed by atoms with van der Waals surface area (Å²) >= 11 is 12.0. The van der Waals surface area contributed by atoms with Gasteiger partial charge in [0.25, 0.3) is 0 Å². The number of amides is 2. The van der Waals surface area contributed by atoms with Gasteiger partial charge in [0.1, 0.15) is 6.04 Å². The number of nitrogens with zero attached hydrogens (tertiary/aromatic N) is 1. The third kappa shape index (κ3) is 5.10. The maximum absolute atomic E-state index is 12.6. The molecule has 2 N–H and O–H groups in total. The number of likely N-dealkylation sites (tertiary alicyclic amines) is 1. The van der Waals surface area contributed by atoms with Crippen molar-refractivity contribution in [2.75, 3.05) is 25.5 Å². The molecule has 0 spiro atoms. The highest BCUT2D eigenvalue weighted by Gasteiger charge is 2.31. The van der Waals surface area contributed by atoms with E-state index in [0.29, 0.717) is 35.1 Å². The molecular formula is C17H23Cl2N3O2. The molecule has 1 fully saturated rings. The molecule has 1 aliphatic rings. The molecular weight excluding hydrogens is 349 g/mol. The van der Waals surface area contributed by atoms with Crippen molar-refractivity contribution in [3.63, 3.8) is 0 Å². The number of carbonyl (C=O) groups excluding carboxylic acids is 2. The zero-order valence-electron chi connectivity index (χ0n) is 13.8. The van der Waals surface area contributed by atoms with E-state index >= 15 is 0 Å². The van der Waals surface area contributed by atoms with E-state index in [2.05, 4.69) is 10.6 Å². The SMILES string of the molecule is CNCCCC(=O)N1CCCCC1C(=O)Nc1ccc(Cl)cc1Cl. The molecule has 1 heterocycles. The highest BCUT2D eigenvalue weighted by atomic mass is 35.5. The summed E-state index contributed by atoms with van der Waals surface area (Å²) in [6.45, 7) is 1.42. The van der Waals surface area contributed by atoms with Crippen LogP contribution in [0.15, 0.2) is 18.2 Å². The molecule has 2 amide bonds. The molecule has 24 heavy (non-hydrogen) atoms. The lowest BCUT2D eigenvalue weighted by atomic mass is 10.0. The van der Waals surface area contributed by atoms with Gasteiger partial charge in [-0.15, -0.1) is 0 Å². The summed E-state index contributed by atoms with van der Waals surface area (Å²) in [7, 11) is 1.86. The highest BCUT2D eigenvalue weighted by molar-refractivity contribution is 6.36. The van der Waals surface area contributed by atoms with E-state index in [1.165, 1.54) is 0 Å². The number of anilines is 1. The third-order valence-electron chi connectivity index (χ3n) is 4.13. The number of carbonyl (C=O) groups is 2. The molecule has 1 aliphatic heterocycles. The third-order valence-corrected chi connectivity index (χ3v) is 4.68. The average Bonchev–Trinajstić information content (AvgIpc) is 2.57. The van der Waals surface area contributed by atoms with Crippen molar-refractivity contribution in [1.82, 2.24) is 10.2 Å². The molecule has 0 radical (unpaired) electrons. The first-order valence-electron chi connectivity index (χ1n) is 8.23. The number of rotatable bonds is 6. The summed E-state index contributed by atoms with van der Waals surface area (Å²) in [6.07, 6.45) is 3.76. The van der Waals surface area contributed by atoms with E-state index in [-0.39, 0.29) is 11.8 Å². The Morgan fingerprint density at radius 2 is 2.08 bits per heavy atom. The van der Waals surface area contributed by atoms with Crippen LogP contribution in [0, 0.1) is 0 Å². The van der Waals surface area contributed by atoms with Crippen LogP contribution in [-0.4, -0.2) is 42.9 Å². The van der Waals surface area contributed by atoms with Gasteiger partial charge in [0.2, 0.25) is 11.8 Å². The normalized spacial score (nSPS) is 17.6. The van der Waals surface area contributed by atoms with Gasteiger partial charge in [0.15, 0.2) is 0 Å². The van der Waals surface area contributed by atoms with Crippen LogP contribution in [0.4, 0.5) is 5.69 Å². The maximum Gasteiger partial charge on any atom is 0.247 e. The molecule has 0 bridgehead atoms. The Hall–Kier alpha value is -1.30. The smallest absolute Gasteiger partial charge is 0.247 e. The van der Waals surface area contributed by atoms with Crippen LogP contribution in [0.1, 0.15) is 32.1 Å². The summed E-state index contributed by atoms with van der Waals surface area (Å²) in [5.41, 5.74) is 0.513. The molecule has 1 atom stereocenters. The monoisotopic (exact) mass is 371 g/mol. The Bertz CT molecular complexity index is 595. The van der Waals surface area contributed by atoms with Crippen LogP contribution in [0.3, 0.4) is 0 Å². The molecule has 1 aromatic rings. The molecule has 2 rings (SSSR count). The predicted molar refractivity (Wildman–Crippen MR) is 97.6 cm³/mol. The molecule has 0 aromatic heterocycles. The Labute approximate surface area is 152 Å². The molecule has 0 saturated carbocycles. The van der Waals surface area contributed by atoms with Crippen molar-refractivity contribution < 1.29 is 9.59 Å². The molecule has 0 aliphatic carbocycles.